The molecular formula is C16H27N3O. The van der Waals surface area contributed by atoms with E-state index in [9.17, 15) is 4.79 Å². The maximum atomic E-state index is 13.0. The van der Waals surface area contributed by atoms with E-state index in [0.717, 1.165) is 19.6 Å². The molecule has 0 N–H and O–H groups in total. The van der Waals surface area contributed by atoms with Crippen LogP contribution in [0.15, 0.2) is 0 Å². The molecule has 0 aromatic rings. The molecule has 5 aliphatic heterocycles. The van der Waals surface area contributed by atoms with Crippen molar-refractivity contribution in [3.8, 4) is 0 Å². The van der Waals surface area contributed by atoms with Gasteiger partial charge in [0.05, 0.1) is 5.92 Å². The lowest BCUT2D eigenvalue weighted by Gasteiger charge is -2.48. The lowest BCUT2D eigenvalue weighted by molar-refractivity contribution is -0.147. The van der Waals surface area contributed by atoms with Crippen LogP contribution in [0.4, 0.5) is 0 Å². The number of hydrogen-bond donors (Lipinski definition) is 0. The third kappa shape index (κ3) is 2.08. The Kier molecular flexibility index (Phi) is 3.26. The number of piperazine rings is 1. The van der Waals surface area contributed by atoms with Crippen molar-refractivity contribution < 1.29 is 4.79 Å². The molecule has 5 heterocycles. The van der Waals surface area contributed by atoms with Crippen molar-refractivity contribution in [2.45, 2.75) is 44.7 Å². The average molecular weight is 277 g/mol. The van der Waals surface area contributed by atoms with Crippen molar-refractivity contribution in [2.24, 2.45) is 11.8 Å². The van der Waals surface area contributed by atoms with Crippen molar-refractivity contribution in [1.82, 2.24) is 14.7 Å². The Morgan fingerprint density at radius 1 is 1.00 bits per heavy atom. The molecule has 0 spiro atoms. The summed E-state index contributed by atoms with van der Waals surface area (Å²) in [6, 6.07) is 1.06. The molecule has 3 atom stereocenters. The summed E-state index contributed by atoms with van der Waals surface area (Å²) in [6.45, 7) is 9.05. The Morgan fingerprint density at radius 2 is 1.80 bits per heavy atom. The van der Waals surface area contributed by atoms with Crippen molar-refractivity contribution in [3.63, 3.8) is 0 Å². The number of carbonyl (C=O) groups is 1. The minimum atomic E-state index is 0.299. The highest BCUT2D eigenvalue weighted by atomic mass is 16.2. The molecule has 0 radical (unpaired) electrons. The molecule has 0 aromatic carbocycles. The molecule has 1 amide bonds. The van der Waals surface area contributed by atoms with Crippen LogP contribution in [0.3, 0.4) is 0 Å². The van der Waals surface area contributed by atoms with Gasteiger partial charge in [0.2, 0.25) is 5.91 Å². The summed E-state index contributed by atoms with van der Waals surface area (Å²) in [6.07, 6.45) is 5.10. The normalized spacial score (nSPS) is 44.6. The van der Waals surface area contributed by atoms with Crippen molar-refractivity contribution in [2.75, 3.05) is 39.3 Å². The summed E-state index contributed by atoms with van der Waals surface area (Å²) in [4.78, 5) is 20.4. The second kappa shape index (κ2) is 4.99. The van der Waals surface area contributed by atoms with Crippen LogP contribution in [0.25, 0.3) is 0 Å². The van der Waals surface area contributed by atoms with Crippen LogP contribution >= 0.6 is 0 Å². The smallest absolute Gasteiger partial charge is 0.227 e. The summed E-state index contributed by atoms with van der Waals surface area (Å²) >= 11 is 0. The molecule has 4 nitrogen and oxygen atoms in total. The molecule has 0 unspecified atom stereocenters. The topological polar surface area (TPSA) is 26.8 Å². The van der Waals surface area contributed by atoms with Gasteiger partial charge >= 0.3 is 0 Å². The molecule has 5 saturated heterocycles. The largest absolute Gasteiger partial charge is 0.337 e. The number of piperidine rings is 3. The molecule has 5 aliphatic rings. The summed E-state index contributed by atoms with van der Waals surface area (Å²) < 4.78 is 0. The van der Waals surface area contributed by atoms with E-state index in [1.807, 2.05) is 0 Å². The maximum Gasteiger partial charge on any atom is 0.227 e. The summed E-state index contributed by atoms with van der Waals surface area (Å²) in [5.41, 5.74) is 0. The van der Waals surface area contributed by atoms with Gasteiger partial charge in [-0.3, -0.25) is 9.69 Å². The van der Waals surface area contributed by atoms with Gasteiger partial charge in [-0.15, -0.1) is 0 Å². The monoisotopic (exact) mass is 277 g/mol. The molecule has 2 bridgehead atoms. The Hall–Kier alpha value is -0.610. The number of fused-ring (bicyclic) bond motifs is 4. The zero-order chi connectivity index (χ0) is 13.7. The molecule has 5 rings (SSSR count). The van der Waals surface area contributed by atoms with Gasteiger partial charge in [-0.2, -0.15) is 0 Å². The minimum Gasteiger partial charge on any atom is -0.337 e. The Labute approximate surface area is 122 Å². The van der Waals surface area contributed by atoms with Gasteiger partial charge in [-0.1, -0.05) is 0 Å². The molecular weight excluding hydrogens is 250 g/mol. The van der Waals surface area contributed by atoms with Crippen LogP contribution in [-0.2, 0) is 4.79 Å². The zero-order valence-corrected chi connectivity index (χ0v) is 12.6. The van der Waals surface area contributed by atoms with E-state index in [4.69, 9.17) is 0 Å². The van der Waals surface area contributed by atoms with Crippen molar-refractivity contribution in [1.29, 1.82) is 0 Å². The quantitative estimate of drug-likeness (QED) is 0.716. The first-order valence-corrected chi connectivity index (χ1v) is 8.49. The van der Waals surface area contributed by atoms with Crippen LogP contribution in [0.1, 0.15) is 32.6 Å². The average Bonchev–Trinajstić information content (AvgIpc) is 2.94. The Balaban J connectivity index is 1.47. The Bertz CT molecular complexity index is 391. The third-order valence-corrected chi connectivity index (χ3v) is 6.19. The first-order chi connectivity index (χ1) is 9.72. The zero-order valence-electron chi connectivity index (χ0n) is 12.6. The van der Waals surface area contributed by atoms with Crippen LogP contribution in [0, 0.1) is 11.8 Å². The van der Waals surface area contributed by atoms with Crippen LogP contribution in [0.5, 0.6) is 0 Å². The highest BCUT2D eigenvalue weighted by Crippen LogP contribution is 2.35. The highest BCUT2D eigenvalue weighted by molar-refractivity contribution is 5.80. The second-order valence-corrected chi connectivity index (χ2v) is 7.38. The van der Waals surface area contributed by atoms with E-state index in [2.05, 4.69) is 21.6 Å². The first-order valence-electron chi connectivity index (χ1n) is 8.49. The Morgan fingerprint density at radius 3 is 2.50 bits per heavy atom. The molecule has 0 aliphatic carbocycles. The summed E-state index contributed by atoms with van der Waals surface area (Å²) in [5.74, 6) is 1.44. The van der Waals surface area contributed by atoms with Gasteiger partial charge in [0.25, 0.3) is 0 Å². The fourth-order valence-corrected chi connectivity index (χ4v) is 4.95. The van der Waals surface area contributed by atoms with E-state index < -0.39 is 0 Å². The second-order valence-electron chi connectivity index (χ2n) is 7.38. The van der Waals surface area contributed by atoms with Crippen molar-refractivity contribution >= 4 is 5.91 Å². The summed E-state index contributed by atoms with van der Waals surface area (Å²) in [7, 11) is 0. The van der Waals surface area contributed by atoms with Crippen LogP contribution in [-0.4, -0.2) is 72.0 Å². The van der Waals surface area contributed by atoms with Crippen LogP contribution < -0.4 is 0 Å². The van der Waals surface area contributed by atoms with Crippen molar-refractivity contribution in [3.05, 3.63) is 0 Å². The maximum absolute atomic E-state index is 13.0. The van der Waals surface area contributed by atoms with E-state index in [-0.39, 0.29) is 0 Å². The van der Waals surface area contributed by atoms with Gasteiger partial charge in [0.1, 0.15) is 0 Å². The van der Waals surface area contributed by atoms with Gasteiger partial charge in [-0.05, 0) is 58.2 Å². The van der Waals surface area contributed by atoms with E-state index >= 15 is 0 Å². The van der Waals surface area contributed by atoms with E-state index in [1.54, 1.807) is 0 Å². The standard InChI is InChI=1S/C16H27N3O/c1-12-9-18-6-2-3-14(18)10-19(12)16(20)15-11-17-7-4-13(15)5-8-17/h12-15H,2-11H2,1H3/t12-,14-,15+/m1/s1. The predicted octanol–water partition coefficient (Wildman–Crippen LogP) is 1.02. The number of rotatable bonds is 1. The molecule has 20 heavy (non-hydrogen) atoms. The molecule has 4 heteroatoms. The van der Waals surface area contributed by atoms with Gasteiger partial charge < -0.3 is 9.80 Å². The minimum absolute atomic E-state index is 0.299. The van der Waals surface area contributed by atoms with E-state index in [1.165, 1.54) is 45.3 Å². The molecule has 0 saturated carbocycles. The number of carbonyl (C=O) groups excluding carboxylic acids is 1. The molecule has 5 fully saturated rings. The highest BCUT2D eigenvalue weighted by Gasteiger charge is 2.43. The number of nitrogens with zero attached hydrogens (tertiary/aromatic N) is 3. The predicted molar refractivity (Wildman–Crippen MR) is 78.4 cm³/mol. The van der Waals surface area contributed by atoms with Gasteiger partial charge in [0.15, 0.2) is 0 Å². The third-order valence-electron chi connectivity index (χ3n) is 6.19. The van der Waals surface area contributed by atoms with E-state index in [0.29, 0.717) is 29.8 Å². The summed E-state index contributed by atoms with van der Waals surface area (Å²) in [5, 5.41) is 0. The lowest BCUT2D eigenvalue weighted by Crippen LogP contribution is -2.61. The fraction of sp³-hybridized carbons (Fsp3) is 0.938. The number of hydrogen-bond acceptors (Lipinski definition) is 3. The molecule has 112 valence electrons. The van der Waals surface area contributed by atoms with Gasteiger partial charge in [0, 0.05) is 31.7 Å². The molecule has 0 aromatic heterocycles. The SMILES string of the molecule is C[C@@H]1CN2CCC[C@@H]2CN1C(=O)[C@H]1CN2CCC1CC2. The first kappa shape index (κ1) is 13.1. The fourth-order valence-electron chi connectivity index (χ4n) is 4.95. The van der Waals surface area contributed by atoms with Crippen LogP contribution in [0.2, 0.25) is 0 Å². The number of amides is 1. The lowest BCUT2D eigenvalue weighted by atomic mass is 9.78. The van der Waals surface area contributed by atoms with Gasteiger partial charge in [-0.25, -0.2) is 0 Å².